The van der Waals surface area contributed by atoms with Gasteiger partial charge in [-0.3, -0.25) is 14.9 Å². The number of non-ortho nitro benzene ring substituents is 1. The summed E-state index contributed by atoms with van der Waals surface area (Å²) in [5, 5.41) is 11.0. The number of hydrogen-bond donors (Lipinski definition) is 0. The van der Waals surface area contributed by atoms with Crippen molar-refractivity contribution in [3.8, 4) is 11.1 Å². The van der Waals surface area contributed by atoms with E-state index in [1.165, 1.54) is 57.5 Å². The van der Waals surface area contributed by atoms with Crippen molar-refractivity contribution in [2.45, 2.75) is 44.9 Å². The van der Waals surface area contributed by atoms with E-state index in [1.807, 2.05) is 0 Å². The number of fused-ring (bicyclic) bond motifs is 5. The van der Waals surface area contributed by atoms with Crippen LogP contribution in [0.3, 0.4) is 0 Å². The number of carbonyl (C=O) groups excluding carboxylic acids is 1. The number of carbonyl (C=O) groups is 1. The van der Waals surface area contributed by atoms with E-state index in [9.17, 15) is 14.9 Å². The molecule has 0 bridgehead atoms. The van der Waals surface area contributed by atoms with Gasteiger partial charge >= 0.3 is 0 Å². The summed E-state index contributed by atoms with van der Waals surface area (Å²) in [5.41, 5.74) is 9.33. The molecule has 1 atom stereocenters. The smallest absolute Gasteiger partial charge is 0.269 e. The van der Waals surface area contributed by atoms with E-state index >= 15 is 0 Å². The lowest BCUT2D eigenvalue weighted by Gasteiger charge is -2.33. The third kappa shape index (κ3) is 2.95. The fourth-order valence-corrected chi connectivity index (χ4v) is 5.19. The van der Waals surface area contributed by atoms with Gasteiger partial charge in [0.25, 0.3) is 5.69 Å². The van der Waals surface area contributed by atoms with Crippen molar-refractivity contribution in [2.24, 2.45) is 0 Å². The van der Waals surface area contributed by atoms with Crippen LogP contribution < -0.4 is 0 Å². The molecule has 0 N–H and O–H groups in total. The van der Waals surface area contributed by atoms with Crippen molar-refractivity contribution in [2.75, 3.05) is 0 Å². The molecule has 3 aromatic rings. The Labute approximate surface area is 175 Å². The molecule has 30 heavy (non-hydrogen) atoms. The molecule has 1 unspecified atom stereocenters. The number of nitro groups is 1. The molecule has 0 aliphatic heterocycles. The Morgan fingerprint density at radius 3 is 2.47 bits per heavy atom. The summed E-state index contributed by atoms with van der Waals surface area (Å²) in [6, 6.07) is 16.9. The van der Waals surface area contributed by atoms with E-state index in [4.69, 9.17) is 0 Å². The van der Waals surface area contributed by atoms with Gasteiger partial charge in [0.1, 0.15) is 0 Å². The lowest BCUT2D eigenvalue weighted by atomic mass is 9.70. The molecule has 2 aliphatic rings. The maximum Gasteiger partial charge on any atom is 0.269 e. The number of rotatable bonds is 3. The molecule has 4 nitrogen and oxygen atoms in total. The van der Waals surface area contributed by atoms with Crippen LogP contribution in [-0.4, -0.2) is 10.7 Å². The van der Waals surface area contributed by atoms with E-state index in [2.05, 4.69) is 37.3 Å². The number of aryl methyl sites for hydroxylation is 2. The average Bonchev–Trinajstić information content (AvgIpc) is 2.78. The highest BCUT2D eigenvalue weighted by molar-refractivity contribution is 6.03. The van der Waals surface area contributed by atoms with Crippen LogP contribution in [0.4, 0.5) is 5.69 Å². The zero-order chi connectivity index (χ0) is 20.8. The molecule has 0 heterocycles. The average molecular weight is 397 g/mol. The molecule has 3 aromatic carbocycles. The molecule has 0 saturated heterocycles. The Morgan fingerprint density at radius 1 is 0.933 bits per heavy atom. The maximum atomic E-state index is 13.7. The molecule has 0 fully saturated rings. The largest absolute Gasteiger partial charge is 0.293 e. The predicted octanol–water partition coefficient (Wildman–Crippen LogP) is 5.97. The summed E-state index contributed by atoms with van der Waals surface area (Å²) in [4.78, 5) is 24.3. The Bertz CT molecular complexity index is 1180. The summed E-state index contributed by atoms with van der Waals surface area (Å²) < 4.78 is 0. The lowest BCUT2D eigenvalue weighted by molar-refractivity contribution is -0.384. The second kappa shape index (κ2) is 7.21. The lowest BCUT2D eigenvalue weighted by Crippen LogP contribution is -2.24. The summed E-state index contributed by atoms with van der Waals surface area (Å²) >= 11 is 0. The highest BCUT2D eigenvalue weighted by Gasteiger charge is 2.34. The highest BCUT2D eigenvalue weighted by Crippen LogP contribution is 2.46. The molecule has 5 rings (SSSR count). The molecular weight excluding hydrogens is 374 g/mol. The van der Waals surface area contributed by atoms with Gasteiger partial charge in [0.05, 0.1) is 10.8 Å². The number of ketones is 1. The minimum absolute atomic E-state index is 0.00848. The van der Waals surface area contributed by atoms with Crippen LogP contribution in [0.25, 0.3) is 11.1 Å². The predicted molar refractivity (Wildman–Crippen MR) is 117 cm³/mol. The first-order valence-corrected chi connectivity index (χ1v) is 10.6. The third-order valence-electron chi connectivity index (χ3n) is 6.71. The molecule has 0 saturated carbocycles. The Hall–Kier alpha value is -3.27. The molecule has 0 radical (unpaired) electrons. The summed E-state index contributed by atoms with van der Waals surface area (Å²) in [6.07, 6.45) is 5.12. The van der Waals surface area contributed by atoms with Gasteiger partial charge < -0.3 is 0 Å². The third-order valence-corrected chi connectivity index (χ3v) is 6.71. The topological polar surface area (TPSA) is 60.2 Å². The quantitative estimate of drug-likeness (QED) is 0.311. The minimum atomic E-state index is -0.430. The number of benzene rings is 3. The van der Waals surface area contributed by atoms with Crippen molar-refractivity contribution >= 4 is 11.5 Å². The Kier molecular flexibility index (Phi) is 4.50. The minimum Gasteiger partial charge on any atom is -0.293 e. The Morgan fingerprint density at radius 2 is 1.70 bits per heavy atom. The van der Waals surface area contributed by atoms with Gasteiger partial charge in [-0.2, -0.15) is 0 Å². The second-order valence-corrected chi connectivity index (χ2v) is 8.40. The van der Waals surface area contributed by atoms with E-state index in [-0.39, 0.29) is 17.4 Å². The molecular formula is C26H23NO3. The molecule has 2 aliphatic carbocycles. The summed E-state index contributed by atoms with van der Waals surface area (Å²) in [7, 11) is 0. The zero-order valence-electron chi connectivity index (χ0n) is 17.0. The first-order chi connectivity index (χ1) is 14.5. The van der Waals surface area contributed by atoms with Crippen LogP contribution in [-0.2, 0) is 19.3 Å². The van der Waals surface area contributed by atoms with Crippen LogP contribution in [0.15, 0.2) is 54.6 Å². The van der Waals surface area contributed by atoms with E-state index in [1.54, 1.807) is 12.1 Å². The molecule has 0 aromatic heterocycles. The zero-order valence-corrected chi connectivity index (χ0v) is 17.0. The van der Waals surface area contributed by atoms with Crippen LogP contribution in [0.1, 0.15) is 56.9 Å². The van der Waals surface area contributed by atoms with Gasteiger partial charge in [-0.25, -0.2) is 0 Å². The Balaban J connectivity index is 1.67. The molecule has 0 spiro atoms. The normalized spacial score (nSPS) is 16.9. The number of nitrogens with zero attached hydrogens (tertiary/aromatic N) is 1. The van der Waals surface area contributed by atoms with Gasteiger partial charge in [-0.1, -0.05) is 30.3 Å². The number of hydrogen-bond acceptors (Lipinski definition) is 3. The van der Waals surface area contributed by atoms with Crippen LogP contribution in [0.2, 0.25) is 0 Å². The second-order valence-electron chi connectivity index (χ2n) is 8.40. The van der Waals surface area contributed by atoms with Gasteiger partial charge in [-0.05, 0) is 90.1 Å². The molecule has 150 valence electrons. The van der Waals surface area contributed by atoms with E-state index in [0.717, 1.165) is 19.3 Å². The van der Waals surface area contributed by atoms with Crippen LogP contribution in [0, 0.1) is 17.0 Å². The van der Waals surface area contributed by atoms with Crippen molar-refractivity contribution in [1.29, 1.82) is 0 Å². The summed E-state index contributed by atoms with van der Waals surface area (Å²) in [6.45, 7) is 2.11. The highest BCUT2D eigenvalue weighted by atomic mass is 16.6. The number of Topliss-reactive ketones (excluding diaryl/α,β-unsaturated/α-hetero) is 1. The van der Waals surface area contributed by atoms with Gasteiger partial charge in [0.2, 0.25) is 0 Å². The maximum absolute atomic E-state index is 13.7. The van der Waals surface area contributed by atoms with Gasteiger partial charge in [0, 0.05) is 17.7 Å². The molecule has 0 amide bonds. The fraction of sp³-hybridized carbons (Fsp3) is 0.269. The SMILES string of the molecule is Cc1cccc2c1CC(C(=O)c1ccc([N+](=O)[O-])cc1)c1c-2ccc2c1CCCC2. The fourth-order valence-electron chi connectivity index (χ4n) is 5.19. The van der Waals surface area contributed by atoms with Crippen molar-refractivity contribution in [3.05, 3.63) is 98.1 Å². The van der Waals surface area contributed by atoms with Gasteiger partial charge in [-0.15, -0.1) is 0 Å². The summed E-state index contributed by atoms with van der Waals surface area (Å²) in [5.74, 6) is -0.192. The number of nitro benzene ring substituents is 1. The van der Waals surface area contributed by atoms with E-state index < -0.39 is 4.92 Å². The van der Waals surface area contributed by atoms with Crippen LogP contribution >= 0.6 is 0 Å². The van der Waals surface area contributed by atoms with E-state index in [0.29, 0.717) is 12.0 Å². The van der Waals surface area contributed by atoms with Crippen molar-refractivity contribution in [3.63, 3.8) is 0 Å². The molecule has 4 heteroatoms. The van der Waals surface area contributed by atoms with Crippen molar-refractivity contribution in [1.82, 2.24) is 0 Å². The van der Waals surface area contributed by atoms with Crippen LogP contribution in [0.5, 0.6) is 0 Å². The first kappa shape index (κ1) is 18.7. The first-order valence-electron chi connectivity index (χ1n) is 10.6. The standard InChI is InChI=1S/C26H23NO3/c1-16-5-4-8-21-22-14-11-17-6-2-3-7-20(17)25(22)24(15-23(16)21)26(28)18-9-12-19(13-10-18)27(29)30/h4-5,8-14,24H,2-3,6-7,15H2,1H3. The monoisotopic (exact) mass is 397 g/mol. The van der Waals surface area contributed by atoms with Gasteiger partial charge in [0.15, 0.2) is 5.78 Å². The van der Waals surface area contributed by atoms with Crippen molar-refractivity contribution < 1.29 is 9.72 Å².